The molecule has 0 aliphatic carbocycles. The Hall–Kier alpha value is -2.15. The Labute approximate surface area is 117 Å². The molecule has 0 aliphatic heterocycles. The maximum atomic E-state index is 11.6. The van der Waals surface area contributed by atoms with E-state index < -0.39 is 16.9 Å². The van der Waals surface area contributed by atoms with Gasteiger partial charge in [-0.25, -0.2) is 0 Å². The molecule has 7 nitrogen and oxygen atoms in total. The highest BCUT2D eigenvalue weighted by molar-refractivity contribution is 5.76. The molecule has 110 valence electrons. The first-order chi connectivity index (χ1) is 9.51. The molecule has 0 saturated heterocycles. The number of ether oxygens (including phenoxy) is 2. The van der Waals surface area contributed by atoms with Crippen molar-refractivity contribution >= 4 is 11.7 Å². The SMILES string of the molecule is CCOC(=O)C(COc1c(C)cccc1[N+](=O)[O-])NC. The molecule has 1 N–H and O–H groups in total. The second kappa shape index (κ2) is 7.44. The molecule has 0 radical (unpaired) electrons. The fraction of sp³-hybridized carbons (Fsp3) is 0.462. The lowest BCUT2D eigenvalue weighted by atomic mass is 10.2. The van der Waals surface area contributed by atoms with Gasteiger partial charge in [-0.15, -0.1) is 0 Å². The Morgan fingerprint density at radius 2 is 2.20 bits per heavy atom. The minimum atomic E-state index is -0.672. The molecule has 0 bridgehead atoms. The van der Waals surface area contributed by atoms with E-state index in [2.05, 4.69) is 5.32 Å². The van der Waals surface area contributed by atoms with Crippen LogP contribution in [0.1, 0.15) is 12.5 Å². The summed E-state index contributed by atoms with van der Waals surface area (Å²) < 4.78 is 10.3. The Morgan fingerprint density at radius 3 is 2.75 bits per heavy atom. The number of hydrogen-bond donors (Lipinski definition) is 1. The van der Waals surface area contributed by atoms with Crippen molar-refractivity contribution in [2.75, 3.05) is 20.3 Å². The van der Waals surface area contributed by atoms with Crippen LogP contribution < -0.4 is 10.1 Å². The summed E-state index contributed by atoms with van der Waals surface area (Å²) in [6.45, 7) is 3.64. The van der Waals surface area contributed by atoms with Gasteiger partial charge in [0.1, 0.15) is 12.6 Å². The first kappa shape index (κ1) is 15.9. The van der Waals surface area contributed by atoms with Crippen LogP contribution in [0.15, 0.2) is 18.2 Å². The molecule has 1 unspecified atom stereocenters. The number of rotatable bonds is 7. The van der Waals surface area contributed by atoms with Crippen molar-refractivity contribution in [1.29, 1.82) is 0 Å². The van der Waals surface area contributed by atoms with Gasteiger partial charge in [-0.05, 0) is 26.5 Å². The van der Waals surface area contributed by atoms with E-state index in [0.717, 1.165) is 0 Å². The zero-order chi connectivity index (χ0) is 15.1. The number of likely N-dealkylation sites (N-methyl/N-ethyl adjacent to an activating group) is 1. The van der Waals surface area contributed by atoms with Crippen molar-refractivity contribution in [3.05, 3.63) is 33.9 Å². The van der Waals surface area contributed by atoms with E-state index in [-0.39, 0.29) is 24.7 Å². The average Bonchev–Trinajstić information content (AvgIpc) is 2.40. The van der Waals surface area contributed by atoms with E-state index in [1.54, 1.807) is 33.0 Å². The summed E-state index contributed by atoms with van der Waals surface area (Å²) in [6, 6.07) is 3.98. The molecule has 0 aromatic heterocycles. The van der Waals surface area contributed by atoms with Crippen LogP contribution in [0.2, 0.25) is 0 Å². The molecule has 0 fully saturated rings. The van der Waals surface area contributed by atoms with Gasteiger partial charge in [0.15, 0.2) is 5.75 Å². The zero-order valence-corrected chi connectivity index (χ0v) is 11.7. The molecule has 0 saturated carbocycles. The van der Waals surface area contributed by atoms with E-state index in [1.807, 2.05) is 0 Å². The van der Waals surface area contributed by atoms with Gasteiger partial charge in [0.2, 0.25) is 0 Å². The fourth-order valence-electron chi connectivity index (χ4n) is 1.65. The van der Waals surface area contributed by atoms with Crippen LogP contribution in [0, 0.1) is 17.0 Å². The second-order valence-corrected chi connectivity index (χ2v) is 4.08. The molecule has 7 heteroatoms. The van der Waals surface area contributed by atoms with Crippen LogP contribution in [0.5, 0.6) is 5.75 Å². The first-order valence-corrected chi connectivity index (χ1v) is 6.22. The summed E-state index contributed by atoms with van der Waals surface area (Å²) in [5, 5.41) is 13.7. The molecular formula is C13H18N2O5. The van der Waals surface area contributed by atoms with Gasteiger partial charge < -0.3 is 14.8 Å². The van der Waals surface area contributed by atoms with Gasteiger partial charge in [-0.1, -0.05) is 12.1 Å². The van der Waals surface area contributed by atoms with E-state index in [1.165, 1.54) is 6.07 Å². The summed E-state index contributed by atoms with van der Waals surface area (Å²) >= 11 is 0. The Balaban J connectivity index is 2.83. The van der Waals surface area contributed by atoms with Crippen LogP contribution in [0.25, 0.3) is 0 Å². The van der Waals surface area contributed by atoms with Crippen LogP contribution in [0.3, 0.4) is 0 Å². The van der Waals surface area contributed by atoms with E-state index in [4.69, 9.17) is 9.47 Å². The number of carbonyl (C=O) groups excluding carboxylic acids is 1. The minimum Gasteiger partial charge on any atom is -0.484 e. The highest BCUT2D eigenvalue weighted by Crippen LogP contribution is 2.30. The third-order valence-corrected chi connectivity index (χ3v) is 2.70. The van der Waals surface area contributed by atoms with Crippen LogP contribution in [0.4, 0.5) is 5.69 Å². The quantitative estimate of drug-likeness (QED) is 0.462. The normalized spacial score (nSPS) is 11.8. The van der Waals surface area contributed by atoms with Gasteiger partial charge in [0, 0.05) is 6.07 Å². The number of hydrogen-bond acceptors (Lipinski definition) is 6. The number of nitro groups is 1. The van der Waals surface area contributed by atoms with Crippen molar-refractivity contribution < 1.29 is 19.2 Å². The number of para-hydroxylation sites is 1. The highest BCUT2D eigenvalue weighted by Gasteiger charge is 2.22. The number of esters is 1. The van der Waals surface area contributed by atoms with Crippen LogP contribution in [-0.2, 0) is 9.53 Å². The highest BCUT2D eigenvalue weighted by atomic mass is 16.6. The molecule has 0 heterocycles. The van der Waals surface area contributed by atoms with Crippen molar-refractivity contribution in [3.63, 3.8) is 0 Å². The predicted octanol–water partition coefficient (Wildman–Crippen LogP) is 1.43. The van der Waals surface area contributed by atoms with E-state index >= 15 is 0 Å². The van der Waals surface area contributed by atoms with Gasteiger partial charge >= 0.3 is 11.7 Å². The van der Waals surface area contributed by atoms with Crippen LogP contribution in [-0.4, -0.2) is 37.2 Å². The van der Waals surface area contributed by atoms with E-state index in [0.29, 0.717) is 5.56 Å². The second-order valence-electron chi connectivity index (χ2n) is 4.08. The summed E-state index contributed by atoms with van der Waals surface area (Å²) in [7, 11) is 1.59. The van der Waals surface area contributed by atoms with Gasteiger partial charge in [-0.2, -0.15) is 0 Å². The van der Waals surface area contributed by atoms with Crippen molar-refractivity contribution in [3.8, 4) is 5.75 Å². The fourth-order valence-corrected chi connectivity index (χ4v) is 1.65. The van der Waals surface area contributed by atoms with Gasteiger partial charge in [-0.3, -0.25) is 14.9 Å². The Morgan fingerprint density at radius 1 is 1.50 bits per heavy atom. The Bertz CT molecular complexity index is 490. The summed E-state index contributed by atoms with van der Waals surface area (Å²) in [6.07, 6.45) is 0. The molecule has 0 aliphatic rings. The van der Waals surface area contributed by atoms with Gasteiger partial charge in [0.25, 0.3) is 0 Å². The summed E-state index contributed by atoms with van der Waals surface area (Å²) in [5.41, 5.74) is 0.515. The molecule has 0 amide bonds. The molecule has 20 heavy (non-hydrogen) atoms. The third kappa shape index (κ3) is 3.92. The number of nitrogens with zero attached hydrogens (tertiary/aromatic N) is 1. The largest absolute Gasteiger partial charge is 0.484 e. The molecule has 1 rings (SSSR count). The van der Waals surface area contributed by atoms with Crippen molar-refractivity contribution in [1.82, 2.24) is 5.32 Å². The lowest BCUT2D eigenvalue weighted by Crippen LogP contribution is -2.40. The maximum Gasteiger partial charge on any atom is 0.326 e. The molecule has 1 atom stereocenters. The molecular weight excluding hydrogens is 264 g/mol. The first-order valence-electron chi connectivity index (χ1n) is 6.22. The Kier molecular flexibility index (Phi) is 5.92. The number of aryl methyl sites for hydroxylation is 1. The maximum absolute atomic E-state index is 11.6. The number of nitro benzene ring substituents is 1. The molecule has 0 spiro atoms. The van der Waals surface area contributed by atoms with Gasteiger partial charge in [0.05, 0.1) is 11.5 Å². The monoisotopic (exact) mass is 282 g/mol. The summed E-state index contributed by atoms with van der Waals surface area (Å²) in [4.78, 5) is 22.0. The third-order valence-electron chi connectivity index (χ3n) is 2.70. The molecule has 1 aromatic carbocycles. The zero-order valence-electron chi connectivity index (χ0n) is 11.7. The smallest absolute Gasteiger partial charge is 0.326 e. The number of benzene rings is 1. The van der Waals surface area contributed by atoms with Crippen LogP contribution >= 0.6 is 0 Å². The number of carbonyl (C=O) groups is 1. The molecule has 1 aromatic rings. The lowest BCUT2D eigenvalue weighted by Gasteiger charge is -2.16. The predicted molar refractivity (Wildman–Crippen MR) is 72.8 cm³/mol. The lowest BCUT2D eigenvalue weighted by molar-refractivity contribution is -0.385. The number of nitrogens with one attached hydrogen (secondary N) is 1. The van der Waals surface area contributed by atoms with E-state index in [9.17, 15) is 14.9 Å². The van der Waals surface area contributed by atoms with Crippen molar-refractivity contribution in [2.24, 2.45) is 0 Å². The standard InChI is InChI=1S/C13H18N2O5/c1-4-19-13(16)10(14-3)8-20-12-9(2)6-5-7-11(12)15(17)18/h5-7,10,14H,4,8H2,1-3H3. The van der Waals surface area contributed by atoms with Crippen molar-refractivity contribution in [2.45, 2.75) is 19.9 Å². The summed E-state index contributed by atoms with van der Waals surface area (Å²) in [5.74, 6) is -0.284. The average molecular weight is 282 g/mol. The topological polar surface area (TPSA) is 90.7 Å². The minimum absolute atomic E-state index is 0.0406.